The minimum atomic E-state index is -1.11. The van der Waals surface area contributed by atoms with E-state index >= 15 is 0 Å². The number of benzene rings is 1. The van der Waals surface area contributed by atoms with Gasteiger partial charge >= 0.3 is 5.97 Å². The zero-order valence-electron chi connectivity index (χ0n) is 14.9. The Morgan fingerprint density at radius 3 is 2.54 bits per heavy atom. The van der Waals surface area contributed by atoms with Crippen molar-refractivity contribution in [2.24, 2.45) is 0 Å². The van der Waals surface area contributed by atoms with Gasteiger partial charge in [0.15, 0.2) is 0 Å². The first kappa shape index (κ1) is 18.4. The molecular formula is C18H26N2O3Si. The van der Waals surface area contributed by atoms with E-state index in [1.54, 1.807) is 17.8 Å². The summed E-state index contributed by atoms with van der Waals surface area (Å²) in [5.41, 5.74) is 1.99. The molecule has 0 fully saturated rings. The fraction of sp³-hybridized carbons (Fsp3) is 0.444. The lowest BCUT2D eigenvalue weighted by Crippen LogP contribution is -2.22. The highest BCUT2D eigenvalue weighted by Crippen LogP contribution is 2.22. The number of aromatic nitrogens is 2. The van der Waals surface area contributed by atoms with Crippen molar-refractivity contribution in [1.82, 2.24) is 9.78 Å². The van der Waals surface area contributed by atoms with Crippen LogP contribution in [0, 0.1) is 0 Å². The average Bonchev–Trinajstić information content (AvgIpc) is 2.96. The molecule has 2 rings (SSSR count). The Balaban J connectivity index is 2.14. The van der Waals surface area contributed by atoms with Gasteiger partial charge in [-0.05, 0) is 13.0 Å². The van der Waals surface area contributed by atoms with E-state index in [4.69, 9.17) is 9.47 Å². The molecule has 0 atom stereocenters. The third-order valence-corrected chi connectivity index (χ3v) is 5.23. The van der Waals surface area contributed by atoms with Gasteiger partial charge in [-0.3, -0.25) is 0 Å². The number of ether oxygens (including phenoxy) is 2. The molecule has 130 valence electrons. The van der Waals surface area contributed by atoms with Crippen LogP contribution in [0.1, 0.15) is 17.3 Å². The first-order valence-corrected chi connectivity index (χ1v) is 12.0. The van der Waals surface area contributed by atoms with Gasteiger partial charge in [-0.1, -0.05) is 50.0 Å². The van der Waals surface area contributed by atoms with E-state index in [1.807, 2.05) is 30.3 Å². The highest BCUT2D eigenvalue weighted by Gasteiger charge is 2.19. The van der Waals surface area contributed by atoms with E-state index in [9.17, 15) is 4.79 Å². The third kappa shape index (κ3) is 5.32. The van der Waals surface area contributed by atoms with E-state index in [-0.39, 0.29) is 5.97 Å². The molecule has 0 spiro atoms. The molecule has 1 aromatic carbocycles. The molecule has 0 saturated heterocycles. The van der Waals surface area contributed by atoms with Crippen LogP contribution < -0.4 is 0 Å². The maximum Gasteiger partial charge on any atom is 0.341 e. The Bertz CT molecular complexity index is 663. The SMILES string of the molecule is CCOC(=O)c1cn(COCC[Si](C)(C)C)nc1-c1ccccc1. The van der Waals surface area contributed by atoms with Crippen molar-refractivity contribution < 1.29 is 14.3 Å². The van der Waals surface area contributed by atoms with E-state index in [0.29, 0.717) is 31.2 Å². The fourth-order valence-corrected chi connectivity index (χ4v) is 2.95. The van der Waals surface area contributed by atoms with E-state index in [2.05, 4.69) is 24.7 Å². The van der Waals surface area contributed by atoms with Crippen molar-refractivity contribution in [3.8, 4) is 11.3 Å². The molecular weight excluding hydrogens is 320 g/mol. The molecule has 0 saturated carbocycles. The van der Waals surface area contributed by atoms with Crippen molar-refractivity contribution in [2.45, 2.75) is 39.3 Å². The first-order chi connectivity index (χ1) is 11.4. The zero-order chi connectivity index (χ0) is 17.6. The zero-order valence-corrected chi connectivity index (χ0v) is 15.9. The second-order valence-electron chi connectivity index (χ2n) is 6.87. The van der Waals surface area contributed by atoms with E-state index in [0.717, 1.165) is 11.6 Å². The van der Waals surface area contributed by atoms with Crippen molar-refractivity contribution in [3.63, 3.8) is 0 Å². The number of hydrogen-bond acceptors (Lipinski definition) is 4. The summed E-state index contributed by atoms with van der Waals surface area (Å²) in [4.78, 5) is 12.2. The highest BCUT2D eigenvalue weighted by molar-refractivity contribution is 6.76. The van der Waals surface area contributed by atoms with Crippen molar-refractivity contribution in [1.29, 1.82) is 0 Å². The van der Waals surface area contributed by atoms with Gasteiger partial charge in [0.1, 0.15) is 18.0 Å². The van der Waals surface area contributed by atoms with Gasteiger partial charge in [0.2, 0.25) is 0 Å². The second-order valence-corrected chi connectivity index (χ2v) is 12.5. The summed E-state index contributed by atoms with van der Waals surface area (Å²) < 4.78 is 12.5. The van der Waals surface area contributed by atoms with Crippen LogP contribution in [0.3, 0.4) is 0 Å². The number of esters is 1. The van der Waals surface area contributed by atoms with Gasteiger partial charge in [0.25, 0.3) is 0 Å². The number of carbonyl (C=O) groups is 1. The molecule has 0 amide bonds. The lowest BCUT2D eigenvalue weighted by molar-refractivity contribution is 0.0525. The van der Waals surface area contributed by atoms with Crippen LogP contribution in [-0.2, 0) is 16.2 Å². The van der Waals surface area contributed by atoms with Gasteiger partial charge in [-0.25, -0.2) is 9.48 Å². The fourth-order valence-electron chi connectivity index (χ4n) is 2.19. The summed E-state index contributed by atoms with van der Waals surface area (Å²) in [7, 11) is -1.11. The lowest BCUT2D eigenvalue weighted by Gasteiger charge is -2.15. The molecule has 1 heterocycles. The quantitative estimate of drug-likeness (QED) is 0.411. The van der Waals surface area contributed by atoms with Gasteiger partial charge in [-0.2, -0.15) is 5.10 Å². The van der Waals surface area contributed by atoms with E-state index in [1.165, 1.54) is 0 Å². The number of rotatable bonds is 8. The molecule has 5 nitrogen and oxygen atoms in total. The molecule has 24 heavy (non-hydrogen) atoms. The number of carbonyl (C=O) groups excluding carboxylic acids is 1. The highest BCUT2D eigenvalue weighted by atomic mass is 28.3. The normalized spacial score (nSPS) is 11.5. The van der Waals surface area contributed by atoms with Crippen LogP contribution in [0.4, 0.5) is 0 Å². The monoisotopic (exact) mass is 346 g/mol. The Morgan fingerprint density at radius 2 is 1.92 bits per heavy atom. The molecule has 0 N–H and O–H groups in total. The molecule has 6 heteroatoms. The smallest absolute Gasteiger partial charge is 0.341 e. The number of nitrogens with zero attached hydrogens (tertiary/aromatic N) is 2. The maximum atomic E-state index is 12.2. The minimum absolute atomic E-state index is 0.337. The van der Waals surface area contributed by atoms with Crippen LogP contribution in [0.15, 0.2) is 36.5 Å². The van der Waals surface area contributed by atoms with Crippen LogP contribution in [-0.4, -0.2) is 37.0 Å². The lowest BCUT2D eigenvalue weighted by atomic mass is 10.1. The third-order valence-electron chi connectivity index (χ3n) is 3.52. The minimum Gasteiger partial charge on any atom is -0.462 e. The topological polar surface area (TPSA) is 53.4 Å². The van der Waals surface area contributed by atoms with Gasteiger partial charge < -0.3 is 9.47 Å². The predicted octanol–water partition coefficient (Wildman–Crippen LogP) is 4.04. The Labute approximate surface area is 144 Å². The van der Waals surface area contributed by atoms with Gasteiger partial charge in [-0.15, -0.1) is 0 Å². The summed E-state index contributed by atoms with van der Waals surface area (Å²) in [6.07, 6.45) is 1.70. The largest absolute Gasteiger partial charge is 0.462 e. The molecule has 1 aromatic heterocycles. The predicted molar refractivity (Wildman–Crippen MR) is 97.7 cm³/mol. The summed E-state index contributed by atoms with van der Waals surface area (Å²) in [6.45, 7) is 10.1. The summed E-state index contributed by atoms with van der Waals surface area (Å²) in [6, 6.07) is 10.7. The standard InChI is InChI=1S/C18H26N2O3Si/c1-5-23-18(21)16-13-20(14-22-11-12-24(2,3)4)19-17(16)15-9-7-6-8-10-15/h6-10,13H,5,11-12,14H2,1-4H3. The van der Waals surface area contributed by atoms with Crippen molar-refractivity contribution >= 4 is 14.0 Å². The van der Waals surface area contributed by atoms with E-state index < -0.39 is 8.07 Å². The van der Waals surface area contributed by atoms with Crippen LogP contribution >= 0.6 is 0 Å². The Hall–Kier alpha value is -1.92. The summed E-state index contributed by atoms with van der Waals surface area (Å²) in [5, 5.41) is 4.52. The second kappa shape index (κ2) is 8.26. The van der Waals surface area contributed by atoms with Crippen LogP contribution in [0.2, 0.25) is 25.7 Å². The molecule has 0 aliphatic rings. The molecule has 0 unspecified atom stereocenters. The molecule has 0 bridgehead atoms. The average molecular weight is 347 g/mol. The molecule has 0 radical (unpaired) electrons. The van der Waals surface area contributed by atoms with Gasteiger partial charge in [0, 0.05) is 26.4 Å². The summed E-state index contributed by atoms with van der Waals surface area (Å²) in [5.74, 6) is -0.357. The van der Waals surface area contributed by atoms with Crippen LogP contribution in [0.5, 0.6) is 0 Å². The van der Waals surface area contributed by atoms with Crippen LogP contribution in [0.25, 0.3) is 11.3 Å². The molecule has 0 aliphatic heterocycles. The Morgan fingerprint density at radius 1 is 1.21 bits per heavy atom. The van der Waals surface area contributed by atoms with Crippen molar-refractivity contribution in [2.75, 3.05) is 13.2 Å². The number of hydrogen-bond donors (Lipinski definition) is 0. The molecule has 0 aliphatic carbocycles. The summed E-state index contributed by atoms with van der Waals surface area (Å²) >= 11 is 0. The van der Waals surface area contributed by atoms with Crippen molar-refractivity contribution in [3.05, 3.63) is 42.1 Å². The maximum absolute atomic E-state index is 12.2. The molecule has 2 aromatic rings. The first-order valence-electron chi connectivity index (χ1n) is 8.28. The Kier molecular flexibility index (Phi) is 6.34. The van der Waals surface area contributed by atoms with Gasteiger partial charge in [0.05, 0.1) is 6.61 Å².